The Morgan fingerprint density at radius 1 is 0.474 bits per heavy atom. The Hall–Kier alpha value is -5.16. The van der Waals surface area contributed by atoms with Gasteiger partial charge in [0.15, 0.2) is 17.5 Å². The van der Waals surface area contributed by atoms with Crippen LogP contribution in [-0.2, 0) is 0 Å². The van der Waals surface area contributed by atoms with Crippen LogP contribution in [0.15, 0.2) is 121 Å². The number of aromatic nitrogens is 4. The molecule has 38 heavy (non-hydrogen) atoms. The molecule has 0 radical (unpaired) electrons. The number of hydrogen-bond donors (Lipinski definition) is 1. The van der Waals surface area contributed by atoms with Crippen molar-refractivity contribution in [3.05, 3.63) is 127 Å². The summed E-state index contributed by atoms with van der Waals surface area (Å²) < 4.78 is 14.7. The maximum absolute atomic E-state index is 14.7. The van der Waals surface area contributed by atoms with Crippen LogP contribution in [0.4, 0.5) is 4.39 Å². The van der Waals surface area contributed by atoms with Crippen molar-refractivity contribution in [1.29, 1.82) is 0 Å². The van der Waals surface area contributed by atoms with Gasteiger partial charge >= 0.3 is 0 Å². The first-order chi connectivity index (χ1) is 18.7. The molecule has 5 aromatic carbocycles. The fraction of sp³-hybridized carbons (Fsp3) is 0. The quantitative estimate of drug-likeness (QED) is 0.269. The lowest BCUT2D eigenvalue weighted by molar-refractivity contribution is 0.631. The number of rotatable bonds is 4. The highest BCUT2D eigenvalue weighted by Crippen LogP contribution is 2.35. The molecule has 1 N–H and O–H groups in total. The van der Waals surface area contributed by atoms with Gasteiger partial charge in [-0.3, -0.25) is 0 Å². The number of halogens is 1. The van der Waals surface area contributed by atoms with E-state index >= 15 is 0 Å². The van der Waals surface area contributed by atoms with Crippen molar-refractivity contribution in [3.8, 4) is 45.3 Å². The Kier molecular flexibility index (Phi) is 5.26. The van der Waals surface area contributed by atoms with Crippen LogP contribution in [0.1, 0.15) is 0 Å². The van der Waals surface area contributed by atoms with Gasteiger partial charge in [0.1, 0.15) is 5.82 Å². The SMILES string of the molecule is Fc1ccccc1-c1cccc2c1[nH]c1cc(-c3nc(-c4ccccc4)nc(-c4ccccc4)n3)ccc12. The van der Waals surface area contributed by atoms with E-state index < -0.39 is 0 Å². The third kappa shape index (κ3) is 3.82. The van der Waals surface area contributed by atoms with E-state index in [4.69, 9.17) is 15.0 Å². The predicted molar refractivity (Wildman–Crippen MR) is 151 cm³/mol. The molecule has 0 aliphatic rings. The Morgan fingerprint density at radius 3 is 1.71 bits per heavy atom. The second-order valence-electron chi connectivity index (χ2n) is 9.13. The average Bonchev–Trinajstić information content (AvgIpc) is 3.36. The normalized spacial score (nSPS) is 11.3. The third-order valence-electron chi connectivity index (χ3n) is 6.76. The van der Waals surface area contributed by atoms with Gasteiger partial charge in [-0.25, -0.2) is 19.3 Å². The maximum atomic E-state index is 14.7. The van der Waals surface area contributed by atoms with Crippen LogP contribution in [0, 0.1) is 5.82 Å². The zero-order chi connectivity index (χ0) is 25.5. The highest BCUT2D eigenvalue weighted by atomic mass is 19.1. The topological polar surface area (TPSA) is 54.5 Å². The Balaban J connectivity index is 1.41. The van der Waals surface area contributed by atoms with Crippen LogP contribution in [0.3, 0.4) is 0 Å². The molecule has 0 bridgehead atoms. The highest BCUT2D eigenvalue weighted by molar-refractivity contribution is 6.12. The molecule has 0 aliphatic heterocycles. The molecule has 5 heteroatoms. The van der Waals surface area contributed by atoms with E-state index in [0.29, 0.717) is 23.0 Å². The molecule has 0 unspecified atom stereocenters. The monoisotopic (exact) mass is 492 g/mol. The van der Waals surface area contributed by atoms with Gasteiger partial charge < -0.3 is 4.98 Å². The third-order valence-corrected chi connectivity index (χ3v) is 6.76. The molecule has 0 spiro atoms. The number of nitrogens with zero attached hydrogens (tertiary/aromatic N) is 3. The van der Waals surface area contributed by atoms with E-state index in [-0.39, 0.29) is 5.82 Å². The van der Waals surface area contributed by atoms with E-state index in [9.17, 15) is 4.39 Å². The molecule has 0 saturated carbocycles. The van der Waals surface area contributed by atoms with Gasteiger partial charge in [0.2, 0.25) is 0 Å². The van der Waals surface area contributed by atoms with Gasteiger partial charge in [-0.05, 0) is 12.1 Å². The molecule has 0 saturated heterocycles. The minimum Gasteiger partial charge on any atom is -0.354 e. The van der Waals surface area contributed by atoms with Crippen molar-refractivity contribution in [3.63, 3.8) is 0 Å². The zero-order valence-electron chi connectivity index (χ0n) is 20.3. The first-order valence-corrected chi connectivity index (χ1v) is 12.4. The summed E-state index contributed by atoms with van der Waals surface area (Å²) in [6.07, 6.45) is 0. The van der Waals surface area contributed by atoms with E-state index in [0.717, 1.165) is 44.1 Å². The van der Waals surface area contributed by atoms with Gasteiger partial charge in [0, 0.05) is 44.1 Å². The van der Waals surface area contributed by atoms with Crippen LogP contribution in [0.5, 0.6) is 0 Å². The summed E-state index contributed by atoms with van der Waals surface area (Å²) in [5, 5.41) is 2.10. The van der Waals surface area contributed by atoms with Gasteiger partial charge in [-0.2, -0.15) is 0 Å². The Bertz CT molecular complexity index is 1870. The van der Waals surface area contributed by atoms with Crippen LogP contribution < -0.4 is 0 Å². The fourth-order valence-electron chi connectivity index (χ4n) is 4.91. The first kappa shape index (κ1) is 22.1. The zero-order valence-corrected chi connectivity index (χ0v) is 20.3. The lowest BCUT2D eigenvalue weighted by atomic mass is 10.0. The van der Waals surface area contributed by atoms with Gasteiger partial charge in [0.25, 0.3) is 0 Å². The van der Waals surface area contributed by atoms with Crippen LogP contribution in [0.2, 0.25) is 0 Å². The van der Waals surface area contributed by atoms with Crippen LogP contribution in [0.25, 0.3) is 67.1 Å². The minimum atomic E-state index is -0.244. The smallest absolute Gasteiger partial charge is 0.164 e. The van der Waals surface area contributed by atoms with Crippen molar-refractivity contribution in [2.45, 2.75) is 0 Å². The summed E-state index contributed by atoms with van der Waals surface area (Å²) in [5.41, 5.74) is 5.95. The van der Waals surface area contributed by atoms with Crippen molar-refractivity contribution in [2.75, 3.05) is 0 Å². The van der Waals surface area contributed by atoms with Crippen LogP contribution in [-0.4, -0.2) is 19.9 Å². The second kappa shape index (κ2) is 9.05. The number of benzene rings is 5. The lowest BCUT2D eigenvalue weighted by Crippen LogP contribution is -2.00. The molecular weight excluding hydrogens is 471 g/mol. The number of hydrogen-bond acceptors (Lipinski definition) is 3. The number of fused-ring (bicyclic) bond motifs is 3. The Labute approximate surface area is 218 Å². The molecule has 0 atom stereocenters. The van der Waals surface area contributed by atoms with Gasteiger partial charge in [0.05, 0.1) is 5.52 Å². The summed E-state index contributed by atoms with van der Waals surface area (Å²) in [5.74, 6) is 1.58. The summed E-state index contributed by atoms with van der Waals surface area (Å²) >= 11 is 0. The predicted octanol–water partition coefficient (Wildman–Crippen LogP) is 8.31. The second-order valence-corrected chi connectivity index (χ2v) is 9.13. The summed E-state index contributed by atoms with van der Waals surface area (Å²) in [6, 6.07) is 38.8. The van der Waals surface area contributed by atoms with E-state index in [2.05, 4.69) is 23.2 Å². The molecule has 180 valence electrons. The standard InChI is InChI=1S/C33H21FN4/c34-28-17-8-7-14-24(28)26-15-9-16-27-25-19-18-23(20-29(25)35-30(26)27)33-37-31(21-10-3-1-4-11-21)36-32(38-33)22-12-5-2-6-13-22/h1-20,35H. The van der Waals surface area contributed by atoms with Crippen molar-refractivity contribution < 1.29 is 4.39 Å². The molecule has 0 aliphatic carbocycles. The summed E-state index contributed by atoms with van der Waals surface area (Å²) in [6.45, 7) is 0. The number of aromatic amines is 1. The highest BCUT2D eigenvalue weighted by Gasteiger charge is 2.15. The van der Waals surface area contributed by atoms with Crippen molar-refractivity contribution in [1.82, 2.24) is 19.9 Å². The number of H-pyrrole nitrogens is 1. The maximum Gasteiger partial charge on any atom is 0.164 e. The summed E-state index contributed by atoms with van der Waals surface area (Å²) in [7, 11) is 0. The largest absolute Gasteiger partial charge is 0.354 e. The van der Waals surface area contributed by atoms with E-state index in [1.54, 1.807) is 6.07 Å². The lowest BCUT2D eigenvalue weighted by Gasteiger charge is -2.08. The van der Waals surface area contributed by atoms with Crippen LogP contribution >= 0.6 is 0 Å². The van der Waals surface area contributed by atoms with Gasteiger partial charge in [-0.1, -0.05) is 109 Å². The molecule has 2 heterocycles. The molecule has 7 aromatic rings. The molecule has 4 nitrogen and oxygen atoms in total. The number of nitrogens with one attached hydrogen (secondary N) is 1. The molecule has 0 fully saturated rings. The fourth-order valence-corrected chi connectivity index (χ4v) is 4.91. The molecule has 0 amide bonds. The minimum absolute atomic E-state index is 0.244. The van der Waals surface area contributed by atoms with Crippen molar-refractivity contribution >= 4 is 21.8 Å². The van der Waals surface area contributed by atoms with E-state index in [1.165, 1.54) is 6.07 Å². The van der Waals surface area contributed by atoms with E-state index in [1.807, 2.05) is 91.0 Å². The molecule has 2 aromatic heterocycles. The average molecular weight is 493 g/mol. The van der Waals surface area contributed by atoms with Gasteiger partial charge in [-0.15, -0.1) is 0 Å². The Morgan fingerprint density at radius 2 is 1.05 bits per heavy atom. The molecule has 7 rings (SSSR count). The van der Waals surface area contributed by atoms with Crippen molar-refractivity contribution in [2.24, 2.45) is 0 Å². The number of para-hydroxylation sites is 1. The summed E-state index contributed by atoms with van der Waals surface area (Å²) in [4.78, 5) is 18.0. The first-order valence-electron chi connectivity index (χ1n) is 12.4. The molecular formula is C33H21FN4.